The van der Waals surface area contributed by atoms with Crippen LogP contribution in [0.15, 0.2) is 218 Å². The van der Waals surface area contributed by atoms with Crippen LogP contribution >= 0.6 is 0 Å². The second kappa shape index (κ2) is 13.2. The second-order valence-corrected chi connectivity index (χ2v) is 14.6. The molecule has 0 atom stereocenters. The molecule has 10 aromatic carbocycles. The van der Waals surface area contributed by atoms with Gasteiger partial charge in [-0.25, -0.2) is 0 Å². The van der Waals surface area contributed by atoms with Crippen LogP contribution in [0.3, 0.4) is 0 Å². The number of nitrogens with zero attached hydrogens (tertiary/aromatic N) is 2. The second-order valence-electron chi connectivity index (χ2n) is 14.6. The molecule has 262 valence electrons. The smallest absolute Gasteiger partial charge is 0.0561 e. The molecule has 0 fully saturated rings. The molecule has 11 aromatic rings. The molecule has 1 aromatic heterocycles. The lowest BCUT2D eigenvalue weighted by molar-refractivity contribution is 1.18. The Bertz CT molecular complexity index is 3210. The first-order valence-corrected chi connectivity index (χ1v) is 19.3. The van der Waals surface area contributed by atoms with Crippen molar-refractivity contribution >= 4 is 71.2 Å². The van der Waals surface area contributed by atoms with Crippen LogP contribution in [-0.4, -0.2) is 4.57 Å². The lowest BCUT2D eigenvalue weighted by Crippen LogP contribution is -2.10. The summed E-state index contributed by atoms with van der Waals surface area (Å²) in [6.07, 6.45) is 0. The van der Waals surface area contributed by atoms with Gasteiger partial charge in [-0.15, -0.1) is 0 Å². The fraction of sp³-hybridized carbons (Fsp3) is 0. The monoisotopic (exact) mass is 712 g/mol. The third kappa shape index (κ3) is 5.34. The van der Waals surface area contributed by atoms with Crippen molar-refractivity contribution in [2.24, 2.45) is 0 Å². The molecule has 0 aliphatic rings. The van der Waals surface area contributed by atoms with Gasteiger partial charge < -0.3 is 9.47 Å². The van der Waals surface area contributed by atoms with Crippen molar-refractivity contribution in [1.29, 1.82) is 0 Å². The number of anilines is 3. The molecule has 0 radical (unpaired) electrons. The summed E-state index contributed by atoms with van der Waals surface area (Å²) in [7, 11) is 0. The molecular formula is C54H36N2. The summed E-state index contributed by atoms with van der Waals surface area (Å²) in [5.41, 5.74) is 11.6. The number of fused-ring (bicyclic) bond motifs is 8. The van der Waals surface area contributed by atoms with Crippen LogP contribution in [0.4, 0.5) is 17.1 Å². The largest absolute Gasteiger partial charge is 0.310 e. The maximum atomic E-state index is 2.39. The van der Waals surface area contributed by atoms with E-state index < -0.39 is 0 Å². The van der Waals surface area contributed by atoms with Crippen LogP contribution in [0.5, 0.6) is 0 Å². The van der Waals surface area contributed by atoms with Gasteiger partial charge in [-0.3, -0.25) is 0 Å². The predicted molar refractivity (Wildman–Crippen MR) is 239 cm³/mol. The Labute approximate surface area is 325 Å². The number of benzene rings is 10. The topological polar surface area (TPSA) is 8.17 Å². The summed E-state index contributed by atoms with van der Waals surface area (Å²) in [6.45, 7) is 0. The highest BCUT2D eigenvalue weighted by molar-refractivity contribution is 6.17. The molecule has 0 N–H and O–H groups in total. The van der Waals surface area contributed by atoms with E-state index in [-0.39, 0.29) is 0 Å². The van der Waals surface area contributed by atoms with Crippen LogP contribution in [-0.2, 0) is 0 Å². The minimum atomic E-state index is 1.10. The first kappa shape index (κ1) is 32.0. The van der Waals surface area contributed by atoms with E-state index in [9.17, 15) is 0 Å². The molecule has 2 nitrogen and oxygen atoms in total. The lowest BCUT2D eigenvalue weighted by Gasteiger charge is -2.26. The molecule has 0 unspecified atom stereocenters. The van der Waals surface area contributed by atoms with Gasteiger partial charge in [0.25, 0.3) is 0 Å². The van der Waals surface area contributed by atoms with Crippen molar-refractivity contribution in [3.8, 4) is 27.9 Å². The zero-order chi connectivity index (χ0) is 37.0. The molecule has 56 heavy (non-hydrogen) atoms. The summed E-state index contributed by atoms with van der Waals surface area (Å²) in [5, 5.41) is 10.2. The van der Waals surface area contributed by atoms with Gasteiger partial charge in [0.2, 0.25) is 0 Å². The van der Waals surface area contributed by atoms with Gasteiger partial charge in [0.15, 0.2) is 0 Å². The lowest BCUT2D eigenvalue weighted by atomic mass is 9.95. The van der Waals surface area contributed by atoms with Crippen LogP contribution in [0, 0.1) is 0 Å². The Morgan fingerprint density at radius 1 is 0.268 bits per heavy atom. The van der Waals surface area contributed by atoms with Crippen molar-refractivity contribution in [1.82, 2.24) is 4.57 Å². The molecule has 0 bridgehead atoms. The van der Waals surface area contributed by atoms with E-state index in [1.165, 1.54) is 76.4 Å². The normalized spacial score (nSPS) is 11.6. The van der Waals surface area contributed by atoms with Gasteiger partial charge in [0.05, 0.1) is 11.0 Å². The number of aromatic nitrogens is 1. The molecule has 1 heterocycles. The predicted octanol–water partition coefficient (Wildman–Crippen LogP) is 15.0. The Morgan fingerprint density at radius 2 is 0.750 bits per heavy atom. The average Bonchev–Trinajstić information content (AvgIpc) is 3.61. The van der Waals surface area contributed by atoms with Gasteiger partial charge in [-0.2, -0.15) is 0 Å². The number of rotatable bonds is 6. The molecule has 2 heteroatoms. The first-order valence-electron chi connectivity index (χ1n) is 19.3. The summed E-state index contributed by atoms with van der Waals surface area (Å²) in [6, 6.07) is 79.4. The number of hydrogen-bond donors (Lipinski definition) is 0. The van der Waals surface area contributed by atoms with Crippen molar-refractivity contribution < 1.29 is 0 Å². The molecule has 0 aliphatic heterocycles. The molecule has 0 amide bonds. The molecule has 0 spiro atoms. The quantitative estimate of drug-likeness (QED) is 0.156. The maximum Gasteiger partial charge on any atom is 0.0561 e. The Balaban J connectivity index is 1.03. The minimum absolute atomic E-state index is 1.10. The first-order chi connectivity index (χ1) is 27.8. The highest BCUT2D eigenvalue weighted by Gasteiger charge is 2.18. The fourth-order valence-electron chi connectivity index (χ4n) is 8.65. The zero-order valence-electron chi connectivity index (χ0n) is 30.7. The van der Waals surface area contributed by atoms with Crippen LogP contribution in [0.2, 0.25) is 0 Å². The van der Waals surface area contributed by atoms with Crippen molar-refractivity contribution in [3.63, 3.8) is 0 Å². The van der Waals surface area contributed by atoms with E-state index in [2.05, 4.69) is 228 Å². The van der Waals surface area contributed by atoms with Crippen LogP contribution < -0.4 is 4.90 Å². The SMILES string of the molecule is c1ccc(-c2ccc(N(c3ccc(-c4ccc5c(ccc6c7ccccc7ccc56)c4)cc3)c3ccc4c5ccccc5n(-c5ccccc5)c4c3)cc2)cc1. The standard InChI is InChI=1S/C54H36N2/c1-3-11-37(12-4-1)38-19-26-44(27-20-38)55(46-30-34-52-51-17-9-10-18-53(51)56(54(52)36-46)43-14-5-2-6-15-43)45-28-21-39(22-29-45)41-24-31-48-42(35-41)25-33-49-47-16-8-7-13-40(47)23-32-50(48)49/h1-36H. The van der Waals surface area contributed by atoms with Crippen LogP contribution in [0.1, 0.15) is 0 Å². The van der Waals surface area contributed by atoms with E-state index in [4.69, 9.17) is 0 Å². The number of hydrogen-bond acceptors (Lipinski definition) is 1. The van der Waals surface area contributed by atoms with Gasteiger partial charge in [0, 0.05) is 33.5 Å². The molecule has 0 saturated heterocycles. The van der Waals surface area contributed by atoms with Crippen molar-refractivity contribution in [3.05, 3.63) is 218 Å². The van der Waals surface area contributed by atoms with E-state index in [1.807, 2.05) is 0 Å². The summed E-state index contributed by atoms with van der Waals surface area (Å²) in [4.78, 5) is 2.38. The Morgan fingerprint density at radius 3 is 1.48 bits per heavy atom. The van der Waals surface area contributed by atoms with E-state index in [0.29, 0.717) is 0 Å². The van der Waals surface area contributed by atoms with Crippen molar-refractivity contribution in [2.45, 2.75) is 0 Å². The van der Waals surface area contributed by atoms with Gasteiger partial charge >= 0.3 is 0 Å². The summed E-state index contributed by atoms with van der Waals surface area (Å²) in [5.74, 6) is 0. The van der Waals surface area contributed by atoms with E-state index in [0.717, 1.165) is 22.7 Å². The van der Waals surface area contributed by atoms with Gasteiger partial charge in [-0.1, -0.05) is 158 Å². The third-order valence-electron chi connectivity index (χ3n) is 11.4. The van der Waals surface area contributed by atoms with E-state index >= 15 is 0 Å². The third-order valence-corrected chi connectivity index (χ3v) is 11.4. The number of para-hydroxylation sites is 2. The van der Waals surface area contributed by atoms with Crippen molar-refractivity contribution in [2.75, 3.05) is 4.90 Å². The highest BCUT2D eigenvalue weighted by atomic mass is 15.1. The van der Waals surface area contributed by atoms with Gasteiger partial charge in [-0.05, 0) is 115 Å². The van der Waals surface area contributed by atoms with Gasteiger partial charge in [0.1, 0.15) is 0 Å². The average molecular weight is 713 g/mol. The minimum Gasteiger partial charge on any atom is -0.310 e. The fourth-order valence-corrected chi connectivity index (χ4v) is 8.65. The maximum absolute atomic E-state index is 2.39. The molecule has 11 rings (SSSR count). The van der Waals surface area contributed by atoms with Crippen LogP contribution in [0.25, 0.3) is 82.1 Å². The summed E-state index contributed by atoms with van der Waals surface area (Å²) >= 11 is 0. The van der Waals surface area contributed by atoms with E-state index in [1.54, 1.807) is 0 Å². The molecule has 0 aliphatic carbocycles. The molecular weight excluding hydrogens is 677 g/mol. The molecule has 0 saturated carbocycles. The Hall–Kier alpha value is -7.42. The zero-order valence-corrected chi connectivity index (χ0v) is 30.7. The highest BCUT2D eigenvalue weighted by Crippen LogP contribution is 2.41. The summed E-state index contributed by atoms with van der Waals surface area (Å²) < 4.78 is 2.39. The Kier molecular flexibility index (Phi) is 7.53.